The molecule has 1 N–H and O–H groups in total. The van der Waals surface area contributed by atoms with Gasteiger partial charge in [0.1, 0.15) is 0 Å². The average molecular weight is 170 g/mol. The van der Waals surface area contributed by atoms with Crippen molar-refractivity contribution in [1.29, 1.82) is 0 Å². The Kier molecular flexibility index (Phi) is 2.63. The molecule has 2 saturated heterocycles. The molecule has 0 aromatic rings. The zero-order chi connectivity index (χ0) is 8.39. The third-order valence-corrected chi connectivity index (χ3v) is 3.09. The molecule has 0 aromatic heterocycles. The molecule has 0 amide bonds. The number of nitrogens with one attached hydrogen (secondary N) is 1. The van der Waals surface area contributed by atoms with E-state index in [9.17, 15) is 0 Å². The standard InChI is InChI=1S/C9H18N2O/c1-11(8-2-4-10-6-8)9-3-5-12-7-9/h8-10H,2-7H2,1H3/t8-,9?/m0/s1. The highest BCUT2D eigenvalue weighted by Crippen LogP contribution is 2.16. The summed E-state index contributed by atoms with van der Waals surface area (Å²) in [5.74, 6) is 0. The Hall–Kier alpha value is -0.120. The van der Waals surface area contributed by atoms with Crippen LogP contribution in [-0.4, -0.2) is 50.3 Å². The lowest BCUT2D eigenvalue weighted by atomic mass is 10.1. The normalized spacial score (nSPS) is 36.5. The maximum atomic E-state index is 5.38. The van der Waals surface area contributed by atoms with E-state index >= 15 is 0 Å². The molecular weight excluding hydrogens is 152 g/mol. The minimum absolute atomic E-state index is 0.676. The van der Waals surface area contributed by atoms with Gasteiger partial charge in [0.05, 0.1) is 6.61 Å². The second kappa shape index (κ2) is 3.73. The summed E-state index contributed by atoms with van der Waals surface area (Å²) >= 11 is 0. The molecule has 2 atom stereocenters. The van der Waals surface area contributed by atoms with Gasteiger partial charge in [0.25, 0.3) is 0 Å². The van der Waals surface area contributed by atoms with Gasteiger partial charge >= 0.3 is 0 Å². The maximum absolute atomic E-state index is 5.38. The first kappa shape index (κ1) is 8.48. The van der Waals surface area contributed by atoms with Crippen LogP contribution in [0.15, 0.2) is 0 Å². The van der Waals surface area contributed by atoms with Crippen molar-refractivity contribution in [3.63, 3.8) is 0 Å². The smallest absolute Gasteiger partial charge is 0.0622 e. The summed E-state index contributed by atoms with van der Waals surface area (Å²) < 4.78 is 5.38. The fourth-order valence-electron chi connectivity index (χ4n) is 2.13. The van der Waals surface area contributed by atoms with Gasteiger partial charge in [0.2, 0.25) is 0 Å². The first-order chi connectivity index (χ1) is 5.88. The van der Waals surface area contributed by atoms with Gasteiger partial charge in [-0.1, -0.05) is 0 Å². The fraction of sp³-hybridized carbons (Fsp3) is 1.00. The number of hydrogen-bond acceptors (Lipinski definition) is 3. The SMILES string of the molecule is CN(C1CCOC1)[C@H]1CCNC1. The fourth-order valence-corrected chi connectivity index (χ4v) is 2.13. The summed E-state index contributed by atoms with van der Waals surface area (Å²) in [6.07, 6.45) is 2.51. The molecular formula is C9H18N2O. The molecule has 12 heavy (non-hydrogen) atoms. The van der Waals surface area contributed by atoms with Crippen LogP contribution in [0.4, 0.5) is 0 Å². The molecule has 2 aliphatic heterocycles. The Bertz CT molecular complexity index is 123. The van der Waals surface area contributed by atoms with E-state index < -0.39 is 0 Å². The molecule has 1 unspecified atom stereocenters. The number of rotatable bonds is 2. The molecule has 0 aliphatic carbocycles. The molecule has 3 heteroatoms. The molecule has 70 valence electrons. The first-order valence-corrected chi connectivity index (χ1v) is 4.88. The first-order valence-electron chi connectivity index (χ1n) is 4.88. The van der Waals surface area contributed by atoms with Crippen LogP contribution in [0.3, 0.4) is 0 Å². The summed E-state index contributed by atoms with van der Waals surface area (Å²) in [5, 5.41) is 3.39. The highest BCUT2D eigenvalue weighted by Gasteiger charge is 2.27. The van der Waals surface area contributed by atoms with Crippen LogP contribution in [0.1, 0.15) is 12.8 Å². The molecule has 0 radical (unpaired) electrons. The second-order valence-corrected chi connectivity index (χ2v) is 3.83. The van der Waals surface area contributed by atoms with Crippen LogP contribution in [0.25, 0.3) is 0 Å². The van der Waals surface area contributed by atoms with Crippen molar-refractivity contribution in [1.82, 2.24) is 10.2 Å². The maximum Gasteiger partial charge on any atom is 0.0622 e. The number of nitrogens with zero attached hydrogens (tertiary/aromatic N) is 1. The predicted octanol–water partition coefficient (Wildman–Crippen LogP) is 0.0690. The second-order valence-electron chi connectivity index (χ2n) is 3.83. The minimum Gasteiger partial charge on any atom is -0.380 e. The van der Waals surface area contributed by atoms with E-state index in [2.05, 4.69) is 17.3 Å². The van der Waals surface area contributed by atoms with Gasteiger partial charge in [-0.05, 0) is 26.4 Å². The van der Waals surface area contributed by atoms with E-state index in [-0.39, 0.29) is 0 Å². The summed E-state index contributed by atoms with van der Waals surface area (Å²) in [6.45, 7) is 4.23. The molecule has 0 bridgehead atoms. The summed E-state index contributed by atoms with van der Waals surface area (Å²) in [7, 11) is 2.23. The quantitative estimate of drug-likeness (QED) is 0.634. The largest absolute Gasteiger partial charge is 0.380 e. The Labute approximate surface area is 74.1 Å². The van der Waals surface area contributed by atoms with Gasteiger partial charge in [-0.15, -0.1) is 0 Å². The topological polar surface area (TPSA) is 24.5 Å². The average Bonchev–Trinajstić information content (AvgIpc) is 2.77. The molecule has 2 rings (SSSR count). The van der Waals surface area contributed by atoms with Gasteiger partial charge in [0.15, 0.2) is 0 Å². The zero-order valence-electron chi connectivity index (χ0n) is 7.75. The lowest BCUT2D eigenvalue weighted by molar-refractivity contribution is 0.138. The van der Waals surface area contributed by atoms with E-state index in [1.807, 2.05) is 0 Å². The Balaban J connectivity index is 1.84. The van der Waals surface area contributed by atoms with Crippen molar-refractivity contribution in [2.24, 2.45) is 0 Å². The third kappa shape index (κ3) is 1.63. The Morgan fingerprint density at radius 2 is 2.25 bits per heavy atom. The minimum atomic E-state index is 0.676. The van der Waals surface area contributed by atoms with Gasteiger partial charge in [0, 0.05) is 25.2 Å². The van der Waals surface area contributed by atoms with E-state index in [4.69, 9.17) is 4.74 Å². The van der Waals surface area contributed by atoms with Gasteiger partial charge in [-0.3, -0.25) is 4.90 Å². The van der Waals surface area contributed by atoms with E-state index in [0.29, 0.717) is 6.04 Å². The van der Waals surface area contributed by atoms with Crippen LogP contribution in [0, 0.1) is 0 Å². The van der Waals surface area contributed by atoms with E-state index in [1.54, 1.807) is 0 Å². The van der Waals surface area contributed by atoms with Crippen molar-refractivity contribution < 1.29 is 4.74 Å². The highest BCUT2D eigenvalue weighted by molar-refractivity contribution is 4.84. The molecule has 0 saturated carbocycles. The Morgan fingerprint density at radius 3 is 2.83 bits per heavy atom. The molecule has 3 nitrogen and oxygen atoms in total. The number of ether oxygens (including phenoxy) is 1. The lowest BCUT2D eigenvalue weighted by Crippen LogP contribution is -2.41. The monoisotopic (exact) mass is 170 g/mol. The van der Waals surface area contributed by atoms with E-state index in [0.717, 1.165) is 25.8 Å². The molecule has 2 heterocycles. The summed E-state index contributed by atoms with van der Waals surface area (Å²) in [6, 6.07) is 1.42. The summed E-state index contributed by atoms with van der Waals surface area (Å²) in [4.78, 5) is 2.49. The van der Waals surface area contributed by atoms with Crippen molar-refractivity contribution in [3.05, 3.63) is 0 Å². The molecule has 2 aliphatic rings. The van der Waals surface area contributed by atoms with E-state index in [1.165, 1.54) is 19.4 Å². The Morgan fingerprint density at radius 1 is 1.33 bits per heavy atom. The van der Waals surface area contributed by atoms with Crippen molar-refractivity contribution >= 4 is 0 Å². The van der Waals surface area contributed by atoms with Crippen LogP contribution in [-0.2, 0) is 4.74 Å². The van der Waals surface area contributed by atoms with Crippen LogP contribution >= 0.6 is 0 Å². The van der Waals surface area contributed by atoms with Crippen LogP contribution in [0.5, 0.6) is 0 Å². The predicted molar refractivity (Wildman–Crippen MR) is 48.3 cm³/mol. The van der Waals surface area contributed by atoms with Gasteiger partial charge in [-0.2, -0.15) is 0 Å². The number of likely N-dealkylation sites (N-methyl/N-ethyl adjacent to an activating group) is 1. The van der Waals surface area contributed by atoms with Crippen molar-refractivity contribution in [3.8, 4) is 0 Å². The number of hydrogen-bond donors (Lipinski definition) is 1. The highest BCUT2D eigenvalue weighted by atomic mass is 16.5. The molecule has 0 spiro atoms. The van der Waals surface area contributed by atoms with Crippen LogP contribution < -0.4 is 5.32 Å². The van der Waals surface area contributed by atoms with Crippen LogP contribution in [0.2, 0.25) is 0 Å². The van der Waals surface area contributed by atoms with Crippen molar-refractivity contribution in [2.75, 3.05) is 33.4 Å². The van der Waals surface area contributed by atoms with Crippen molar-refractivity contribution in [2.45, 2.75) is 24.9 Å². The lowest BCUT2D eigenvalue weighted by Gasteiger charge is -2.28. The molecule has 0 aromatic carbocycles. The third-order valence-electron chi connectivity index (χ3n) is 3.09. The summed E-state index contributed by atoms with van der Waals surface area (Å²) in [5.41, 5.74) is 0. The van der Waals surface area contributed by atoms with Gasteiger partial charge in [-0.25, -0.2) is 0 Å². The zero-order valence-corrected chi connectivity index (χ0v) is 7.75. The van der Waals surface area contributed by atoms with Gasteiger partial charge < -0.3 is 10.1 Å². The molecule has 2 fully saturated rings.